The average Bonchev–Trinajstić information content (AvgIpc) is 2.67. The van der Waals surface area contributed by atoms with Crippen LogP contribution in [0.5, 0.6) is 0 Å². The highest BCUT2D eigenvalue weighted by molar-refractivity contribution is 4.63. The predicted octanol–water partition coefficient (Wildman–Crippen LogP) is 2.41. The van der Waals surface area contributed by atoms with E-state index < -0.39 is 0 Å². The van der Waals surface area contributed by atoms with Gasteiger partial charge in [0.1, 0.15) is 12.5 Å². The van der Waals surface area contributed by atoms with Gasteiger partial charge in [-0.15, -0.1) is 0 Å². The number of hydrogen-bond donors (Lipinski definition) is 0. The van der Waals surface area contributed by atoms with Crippen molar-refractivity contribution in [2.24, 2.45) is 0 Å². The molecule has 0 N–H and O–H groups in total. The molecule has 0 amide bonds. The van der Waals surface area contributed by atoms with Crippen molar-refractivity contribution in [1.29, 1.82) is 0 Å². The SMILES string of the molecule is C1=COCO1.C1CCCC1. The first-order valence-corrected chi connectivity index (χ1v) is 3.88. The maximum atomic E-state index is 4.54. The lowest BCUT2D eigenvalue weighted by atomic mass is 10.4. The molecule has 0 aromatic rings. The van der Waals surface area contributed by atoms with E-state index in [1.165, 1.54) is 44.6 Å². The molecule has 0 aromatic heterocycles. The molecule has 0 unspecified atom stereocenters. The third kappa shape index (κ3) is 3.38. The number of rotatable bonds is 0. The van der Waals surface area contributed by atoms with Gasteiger partial charge in [0.05, 0.1) is 0 Å². The normalized spacial score (nSPS) is 20.8. The number of ether oxygens (including phenoxy) is 2. The molecule has 0 aromatic carbocycles. The van der Waals surface area contributed by atoms with Crippen molar-refractivity contribution in [2.45, 2.75) is 32.1 Å². The minimum absolute atomic E-state index is 0.389. The molecule has 0 saturated heterocycles. The van der Waals surface area contributed by atoms with Crippen molar-refractivity contribution < 1.29 is 9.47 Å². The summed E-state index contributed by atoms with van der Waals surface area (Å²) in [6.45, 7) is 0.389. The minimum atomic E-state index is 0.389. The van der Waals surface area contributed by atoms with Gasteiger partial charge in [0.25, 0.3) is 0 Å². The fourth-order valence-corrected chi connectivity index (χ4v) is 1.08. The molecule has 2 nitrogen and oxygen atoms in total. The molecule has 1 aliphatic heterocycles. The van der Waals surface area contributed by atoms with E-state index >= 15 is 0 Å². The van der Waals surface area contributed by atoms with Gasteiger partial charge in [-0.2, -0.15) is 0 Å². The molecule has 10 heavy (non-hydrogen) atoms. The van der Waals surface area contributed by atoms with Crippen LogP contribution >= 0.6 is 0 Å². The van der Waals surface area contributed by atoms with E-state index in [0.717, 1.165) is 0 Å². The fraction of sp³-hybridized carbons (Fsp3) is 0.750. The molecule has 0 atom stereocenters. The first-order chi connectivity index (χ1) is 5.00. The van der Waals surface area contributed by atoms with Gasteiger partial charge in [0.15, 0.2) is 0 Å². The Morgan fingerprint density at radius 2 is 1.10 bits per heavy atom. The molecule has 0 spiro atoms. The summed E-state index contributed by atoms with van der Waals surface area (Å²) in [6.07, 6.45) is 10.5. The zero-order chi connectivity index (χ0) is 7.07. The molecule has 58 valence electrons. The lowest BCUT2D eigenvalue weighted by Crippen LogP contribution is -1.75. The van der Waals surface area contributed by atoms with Crippen LogP contribution in [-0.4, -0.2) is 6.79 Å². The average molecular weight is 142 g/mol. The van der Waals surface area contributed by atoms with Crippen LogP contribution in [0, 0.1) is 0 Å². The van der Waals surface area contributed by atoms with E-state index in [9.17, 15) is 0 Å². The van der Waals surface area contributed by atoms with E-state index in [0.29, 0.717) is 6.79 Å². The summed E-state index contributed by atoms with van der Waals surface area (Å²) in [6, 6.07) is 0. The van der Waals surface area contributed by atoms with Gasteiger partial charge in [-0.3, -0.25) is 0 Å². The van der Waals surface area contributed by atoms with Crippen LogP contribution in [0.2, 0.25) is 0 Å². The van der Waals surface area contributed by atoms with Crippen molar-refractivity contribution >= 4 is 0 Å². The van der Waals surface area contributed by atoms with E-state index in [4.69, 9.17) is 0 Å². The summed E-state index contributed by atoms with van der Waals surface area (Å²) in [4.78, 5) is 0. The first-order valence-electron chi connectivity index (χ1n) is 3.88. The predicted molar refractivity (Wildman–Crippen MR) is 39.3 cm³/mol. The van der Waals surface area contributed by atoms with Crippen molar-refractivity contribution in [2.75, 3.05) is 6.79 Å². The van der Waals surface area contributed by atoms with Crippen molar-refractivity contribution in [3.8, 4) is 0 Å². The molecule has 1 saturated carbocycles. The van der Waals surface area contributed by atoms with Gasteiger partial charge in [0, 0.05) is 0 Å². The quantitative estimate of drug-likeness (QED) is 0.517. The zero-order valence-electron chi connectivity index (χ0n) is 6.21. The van der Waals surface area contributed by atoms with Gasteiger partial charge in [-0.05, 0) is 0 Å². The highest BCUT2D eigenvalue weighted by Gasteiger charge is 1.95. The second-order valence-electron chi connectivity index (χ2n) is 2.49. The molecular formula is C8H14O2. The lowest BCUT2D eigenvalue weighted by molar-refractivity contribution is 0.0920. The Morgan fingerprint density at radius 3 is 1.30 bits per heavy atom. The molecule has 0 radical (unpaired) electrons. The summed E-state index contributed by atoms with van der Waals surface area (Å²) >= 11 is 0. The monoisotopic (exact) mass is 142 g/mol. The van der Waals surface area contributed by atoms with E-state index in [1.807, 2.05) is 0 Å². The van der Waals surface area contributed by atoms with E-state index in [1.54, 1.807) is 0 Å². The zero-order valence-corrected chi connectivity index (χ0v) is 6.21. The first kappa shape index (κ1) is 7.45. The van der Waals surface area contributed by atoms with E-state index in [-0.39, 0.29) is 0 Å². The lowest BCUT2D eigenvalue weighted by Gasteiger charge is -1.82. The maximum absolute atomic E-state index is 4.54. The van der Waals surface area contributed by atoms with Crippen molar-refractivity contribution in [3.05, 3.63) is 12.5 Å². The smallest absolute Gasteiger partial charge is 0.229 e. The summed E-state index contributed by atoms with van der Waals surface area (Å²) in [7, 11) is 0. The Hall–Kier alpha value is -0.660. The standard InChI is InChI=1S/C5H10.C3H4O2/c1-2-4-5-3-1;1-2-5-3-4-1/h1-5H2;1-2H,3H2. The second kappa shape index (κ2) is 5.15. The molecule has 1 heterocycles. The third-order valence-corrected chi connectivity index (χ3v) is 1.63. The van der Waals surface area contributed by atoms with Crippen LogP contribution in [0.4, 0.5) is 0 Å². The van der Waals surface area contributed by atoms with Crippen LogP contribution < -0.4 is 0 Å². The second-order valence-corrected chi connectivity index (χ2v) is 2.49. The molecule has 1 aliphatic carbocycles. The van der Waals surface area contributed by atoms with Crippen LogP contribution in [0.3, 0.4) is 0 Å². The van der Waals surface area contributed by atoms with Crippen molar-refractivity contribution in [3.63, 3.8) is 0 Å². The molecule has 2 heteroatoms. The Kier molecular flexibility index (Phi) is 3.84. The van der Waals surface area contributed by atoms with Gasteiger partial charge < -0.3 is 9.47 Å². The topological polar surface area (TPSA) is 18.5 Å². The Balaban J connectivity index is 0.0000001000. The third-order valence-electron chi connectivity index (χ3n) is 1.63. The van der Waals surface area contributed by atoms with Gasteiger partial charge in [0.2, 0.25) is 6.79 Å². The highest BCUT2D eigenvalue weighted by Crippen LogP contribution is 2.15. The van der Waals surface area contributed by atoms with Gasteiger partial charge >= 0.3 is 0 Å². The summed E-state index contributed by atoms with van der Waals surface area (Å²) < 4.78 is 9.08. The number of hydrogen-bond acceptors (Lipinski definition) is 2. The highest BCUT2D eigenvalue weighted by atomic mass is 16.7. The summed E-state index contributed by atoms with van der Waals surface area (Å²) in [5.74, 6) is 0. The minimum Gasteiger partial charge on any atom is -0.462 e. The fourth-order valence-electron chi connectivity index (χ4n) is 1.08. The maximum Gasteiger partial charge on any atom is 0.229 e. The molecular weight excluding hydrogens is 128 g/mol. The molecule has 2 aliphatic rings. The van der Waals surface area contributed by atoms with Gasteiger partial charge in [-0.25, -0.2) is 0 Å². The molecule has 1 fully saturated rings. The summed E-state index contributed by atoms with van der Waals surface area (Å²) in [5, 5.41) is 0. The summed E-state index contributed by atoms with van der Waals surface area (Å²) in [5.41, 5.74) is 0. The van der Waals surface area contributed by atoms with Crippen molar-refractivity contribution in [1.82, 2.24) is 0 Å². The van der Waals surface area contributed by atoms with Gasteiger partial charge in [-0.1, -0.05) is 32.1 Å². The largest absolute Gasteiger partial charge is 0.462 e. The van der Waals surface area contributed by atoms with Crippen LogP contribution in [0.1, 0.15) is 32.1 Å². The van der Waals surface area contributed by atoms with Crippen LogP contribution in [-0.2, 0) is 9.47 Å². The Morgan fingerprint density at radius 1 is 0.700 bits per heavy atom. The Labute approximate surface area is 61.8 Å². The van der Waals surface area contributed by atoms with Crippen LogP contribution in [0.25, 0.3) is 0 Å². The Bertz CT molecular complexity index is 81.8. The molecule has 2 rings (SSSR count). The molecule has 0 bridgehead atoms. The van der Waals surface area contributed by atoms with Crippen LogP contribution in [0.15, 0.2) is 12.5 Å². The van der Waals surface area contributed by atoms with E-state index in [2.05, 4.69) is 9.47 Å².